The Morgan fingerprint density at radius 3 is 2.51 bits per heavy atom. The lowest BCUT2D eigenvalue weighted by molar-refractivity contribution is 0.103. The maximum atomic E-state index is 13.0. The molecule has 0 unspecified atom stereocenters. The molecule has 37 heavy (non-hydrogen) atoms. The molecule has 10 heteroatoms. The summed E-state index contributed by atoms with van der Waals surface area (Å²) in [5.41, 5.74) is 1.24. The van der Waals surface area contributed by atoms with Crippen molar-refractivity contribution in [2.24, 2.45) is 10.2 Å². The Kier molecular flexibility index (Phi) is 6.48. The van der Waals surface area contributed by atoms with E-state index in [-0.39, 0.29) is 44.3 Å². The molecular weight excluding hydrogens is 492 g/mol. The zero-order valence-electron chi connectivity index (χ0n) is 19.8. The summed E-state index contributed by atoms with van der Waals surface area (Å²) in [7, 11) is 1.38. The van der Waals surface area contributed by atoms with Gasteiger partial charge in [0.15, 0.2) is 10.4 Å². The quantitative estimate of drug-likeness (QED) is 0.207. The normalized spacial score (nSPS) is 11.9. The maximum Gasteiger partial charge on any atom is 0.233 e. The second-order valence-electron chi connectivity index (χ2n) is 7.91. The minimum absolute atomic E-state index is 0.114. The van der Waals surface area contributed by atoms with Crippen LogP contribution in [0.1, 0.15) is 26.7 Å². The molecule has 0 aliphatic rings. The highest BCUT2D eigenvalue weighted by molar-refractivity contribution is 7.11. The number of ether oxygens (including phenoxy) is 1. The average Bonchev–Trinajstić information content (AvgIpc) is 3.33. The van der Waals surface area contributed by atoms with Crippen molar-refractivity contribution in [3.05, 3.63) is 110 Å². The number of carbonyl (C=O) groups is 1. The van der Waals surface area contributed by atoms with Gasteiger partial charge in [-0.1, -0.05) is 59.9 Å². The first-order chi connectivity index (χ1) is 18.0. The predicted molar refractivity (Wildman–Crippen MR) is 140 cm³/mol. The monoisotopic (exact) mass is 512 g/mol. The number of benzene rings is 3. The third-order valence-corrected chi connectivity index (χ3v) is 6.34. The van der Waals surface area contributed by atoms with Gasteiger partial charge >= 0.3 is 0 Å². The van der Waals surface area contributed by atoms with Crippen LogP contribution in [0.25, 0.3) is 16.7 Å². The Labute approximate surface area is 214 Å². The average molecular weight is 513 g/mol. The summed E-state index contributed by atoms with van der Waals surface area (Å²) < 4.78 is 12.5. The van der Waals surface area contributed by atoms with Gasteiger partial charge in [-0.15, -0.1) is 5.10 Å². The van der Waals surface area contributed by atoms with Crippen LogP contribution in [-0.2, 0) is 0 Å². The number of hydrogen-bond donors (Lipinski definition) is 1. The number of phenolic OH excluding ortho intramolecular Hbond substituents is 1. The van der Waals surface area contributed by atoms with Crippen LogP contribution in [0.4, 0.5) is 0 Å². The van der Waals surface area contributed by atoms with Crippen LogP contribution in [0.3, 0.4) is 0 Å². The summed E-state index contributed by atoms with van der Waals surface area (Å²) in [6, 6.07) is 20.7. The van der Waals surface area contributed by atoms with Crippen molar-refractivity contribution in [2.45, 2.75) is 6.92 Å². The number of aromatic hydroxyl groups is 1. The van der Waals surface area contributed by atoms with E-state index in [0.717, 1.165) is 11.3 Å². The summed E-state index contributed by atoms with van der Waals surface area (Å²) in [6.07, 6.45) is 1.28. The van der Waals surface area contributed by atoms with Crippen molar-refractivity contribution in [1.82, 2.24) is 9.78 Å². The third-order valence-electron chi connectivity index (χ3n) is 5.44. The molecule has 0 atom stereocenters. The van der Waals surface area contributed by atoms with Gasteiger partial charge in [0.05, 0.1) is 24.6 Å². The molecular formula is C27H20N4O5S. The first-order valence-electron chi connectivity index (χ1n) is 11.1. The molecule has 1 N–H and O–H groups in total. The molecule has 0 saturated carbocycles. The van der Waals surface area contributed by atoms with Crippen LogP contribution in [-0.4, -0.2) is 34.0 Å². The second-order valence-corrected chi connectivity index (χ2v) is 8.87. The smallest absolute Gasteiger partial charge is 0.233 e. The van der Waals surface area contributed by atoms with Crippen LogP contribution in [0.15, 0.2) is 92.2 Å². The first kappa shape index (κ1) is 23.9. The molecule has 5 aromatic rings. The van der Waals surface area contributed by atoms with Crippen LogP contribution < -0.4 is 15.0 Å². The molecule has 184 valence electrons. The molecule has 0 amide bonds. The minimum Gasteiger partial charge on any atom is -0.507 e. The van der Waals surface area contributed by atoms with Gasteiger partial charge in [-0.3, -0.25) is 9.59 Å². The van der Waals surface area contributed by atoms with Crippen molar-refractivity contribution in [3.8, 4) is 17.2 Å². The number of ketones is 1. The van der Waals surface area contributed by atoms with Crippen LogP contribution in [0.2, 0.25) is 0 Å². The highest BCUT2D eigenvalue weighted by Crippen LogP contribution is 2.33. The van der Waals surface area contributed by atoms with Gasteiger partial charge in [-0.25, -0.2) is 4.68 Å². The van der Waals surface area contributed by atoms with Crippen LogP contribution >= 0.6 is 11.3 Å². The minimum atomic E-state index is -0.310. The molecule has 0 aliphatic carbocycles. The van der Waals surface area contributed by atoms with E-state index < -0.39 is 0 Å². The zero-order chi connectivity index (χ0) is 25.9. The van der Waals surface area contributed by atoms with Crippen molar-refractivity contribution in [1.29, 1.82) is 0 Å². The van der Waals surface area contributed by atoms with Gasteiger partial charge in [0.2, 0.25) is 10.6 Å². The number of fused-ring (bicyclic) bond motifs is 1. The standard InChI is InChI=1S/C27H20N4O5S/c1-16-13-21(33)23-22(36-16)14-20(32)19(25(23)35-2)15-28-29-27-31(18-11-7-4-8-12-18)30-26(37-27)24(34)17-9-5-3-6-10-17/h3-15,32H,1-2H3/b28-15+,29-27+. The molecule has 3 aromatic carbocycles. The van der Waals surface area contributed by atoms with E-state index in [0.29, 0.717) is 21.8 Å². The number of nitrogens with zero attached hydrogens (tertiary/aromatic N) is 4. The highest BCUT2D eigenvalue weighted by Gasteiger charge is 2.18. The zero-order valence-corrected chi connectivity index (χ0v) is 20.6. The summed E-state index contributed by atoms with van der Waals surface area (Å²) in [5.74, 6) is 0.0866. The van der Waals surface area contributed by atoms with Crippen LogP contribution in [0, 0.1) is 6.92 Å². The van der Waals surface area contributed by atoms with Crippen molar-refractivity contribution >= 4 is 34.3 Å². The Morgan fingerprint density at radius 1 is 1.11 bits per heavy atom. The fourth-order valence-electron chi connectivity index (χ4n) is 3.77. The summed E-state index contributed by atoms with van der Waals surface area (Å²) in [4.78, 5) is 25.9. The molecule has 5 rings (SSSR count). The van der Waals surface area contributed by atoms with E-state index in [9.17, 15) is 14.7 Å². The summed E-state index contributed by atoms with van der Waals surface area (Å²) in [6.45, 7) is 1.65. The molecule has 2 heterocycles. The number of aromatic nitrogens is 2. The molecule has 0 aliphatic heterocycles. The van der Waals surface area contributed by atoms with E-state index >= 15 is 0 Å². The number of para-hydroxylation sites is 1. The van der Waals surface area contributed by atoms with Crippen molar-refractivity contribution in [2.75, 3.05) is 7.11 Å². The van der Waals surface area contributed by atoms with Gasteiger partial charge in [-0.05, 0) is 19.1 Å². The molecule has 0 radical (unpaired) electrons. The third kappa shape index (κ3) is 4.69. The molecule has 0 fully saturated rings. The molecule has 0 spiro atoms. The Hall–Kier alpha value is -4.83. The van der Waals surface area contributed by atoms with Crippen LogP contribution in [0.5, 0.6) is 11.5 Å². The largest absolute Gasteiger partial charge is 0.507 e. The van der Waals surface area contributed by atoms with Crippen molar-refractivity contribution in [3.63, 3.8) is 0 Å². The number of methoxy groups -OCH3 is 1. The van der Waals surface area contributed by atoms with Gasteiger partial charge in [0.1, 0.15) is 28.2 Å². The molecule has 0 saturated heterocycles. The molecule has 9 nitrogen and oxygen atoms in total. The van der Waals surface area contributed by atoms with Gasteiger partial charge in [0.25, 0.3) is 0 Å². The number of hydrogen-bond acceptors (Lipinski definition) is 9. The second kappa shape index (κ2) is 10.0. The number of aryl methyl sites for hydroxylation is 1. The Bertz CT molecular complexity index is 1770. The molecule has 0 bridgehead atoms. The van der Waals surface area contributed by atoms with E-state index in [1.54, 1.807) is 31.2 Å². The highest BCUT2D eigenvalue weighted by atomic mass is 32.1. The maximum absolute atomic E-state index is 13.0. The SMILES string of the molecule is COc1c(/C=N/N=c2/sc(C(=O)c3ccccc3)nn2-c2ccccc2)c(O)cc2oc(C)cc(=O)c12. The lowest BCUT2D eigenvalue weighted by atomic mass is 10.1. The fourth-order valence-corrected chi connectivity index (χ4v) is 4.60. The lowest BCUT2D eigenvalue weighted by Gasteiger charge is -2.09. The van der Waals surface area contributed by atoms with E-state index in [1.165, 1.54) is 30.1 Å². The van der Waals surface area contributed by atoms with E-state index in [1.807, 2.05) is 36.4 Å². The summed E-state index contributed by atoms with van der Waals surface area (Å²) in [5, 5.41) is 23.9. The lowest BCUT2D eigenvalue weighted by Crippen LogP contribution is -2.14. The number of carbonyl (C=O) groups excluding carboxylic acids is 1. The topological polar surface area (TPSA) is 119 Å². The predicted octanol–water partition coefficient (Wildman–Crippen LogP) is 4.23. The Balaban J connectivity index is 1.62. The number of rotatable bonds is 6. The van der Waals surface area contributed by atoms with Gasteiger partial charge in [-0.2, -0.15) is 10.2 Å². The van der Waals surface area contributed by atoms with E-state index in [4.69, 9.17) is 9.15 Å². The van der Waals surface area contributed by atoms with Crippen molar-refractivity contribution < 1.29 is 19.1 Å². The number of phenols is 1. The van der Waals surface area contributed by atoms with Gasteiger partial charge < -0.3 is 14.3 Å². The molecule has 2 aromatic heterocycles. The first-order valence-corrected chi connectivity index (χ1v) is 11.9. The van der Waals surface area contributed by atoms with Gasteiger partial charge in [0, 0.05) is 17.7 Å². The fraction of sp³-hybridized carbons (Fsp3) is 0.0741. The Morgan fingerprint density at radius 2 is 1.81 bits per heavy atom. The van der Waals surface area contributed by atoms with E-state index in [2.05, 4.69) is 15.3 Å². The summed E-state index contributed by atoms with van der Waals surface area (Å²) >= 11 is 1.08.